The van der Waals surface area contributed by atoms with Crippen molar-refractivity contribution in [1.82, 2.24) is 10.6 Å². The second-order valence-electron chi connectivity index (χ2n) is 5.81. The van der Waals surface area contributed by atoms with Gasteiger partial charge in [-0.15, -0.1) is 0 Å². The topological polar surface area (TPSA) is 88.7 Å². The van der Waals surface area contributed by atoms with Crippen molar-refractivity contribution in [2.24, 2.45) is 0 Å². The molecule has 0 aliphatic carbocycles. The van der Waals surface area contributed by atoms with Crippen LogP contribution in [0.3, 0.4) is 0 Å². The molecule has 2 aromatic carbocycles. The van der Waals surface area contributed by atoms with Crippen LogP contribution in [-0.2, 0) is 4.74 Å². The van der Waals surface area contributed by atoms with Gasteiger partial charge in [-0.05, 0) is 48.6 Å². The van der Waals surface area contributed by atoms with Crippen LogP contribution >= 0.6 is 47.0 Å². The molecular weight excluding hydrogens is 473 g/mol. The Morgan fingerprint density at radius 1 is 1.00 bits per heavy atom. The number of rotatable bonds is 6. The lowest BCUT2D eigenvalue weighted by Crippen LogP contribution is -2.56. The Kier molecular flexibility index (Phi) is 8.54. The number of methoxy groups -OCH3 is 2. The molecule has 0 spiro atoms. The molecule has 0 unspecified atom stereocenters. The molecule has 1 amide bonds. The van der Waals surface area contributed by atoms with E-state index < -0.39 is 21.8 Å². The molecule has 3 N–H and O–H groups in total. The van der Waals surface area contributed by atoms with Crippen molar-refractivity contribution in [3.8, 4) is 5.75 Å². The number of thiocarbonyl (C=S) groups is 1. The summed E-state index contributed by atoms with van der Waals surface area (Å²) < 4.78 is 7.87. The first-order valence-electron chi connectivity index (χ1n) is 8.42. The Labute approximate surface area is 194 Å². The molecule has 0 fully saturated rings. The third-order valence-corrected chi connectivity index (χ3v) is 4.69. The second kappa shape index (κ2) is 10.7. The maximum atomic E-state index is 12.5. The molecule has 0 aliphatic heterocycles. The normalized spacial score (nSPS) is 11.8. The van der Waals surface area contributed by atoms with E-state index in [9.17, 15) is 9.59 Å². The zero-order valence-electron chi connectivity index (χ0n) is 15.9. The number of carbonyl (C=O) groups excluding carboxylic acids is 2. The summed E-state index contributed by atoms with van der Waals surface area (Å²) in [4.78, 5) is 24.4. The highest BCUT2D eigenvalue weighted by molar-refractivity contribution is 7.80. The zero-order valence-corrected chi connectivity index (χ0v) is 19.0. The lowest BCUT2D eigenvalue weighted by molar-refractivity contribution is 0.0601. The van der Waals surface area contributed by atoms with Gasteiger partial charge in [0.15, 0.2) is 5.11 Å². The van der Waals surface area contributed by atoms with Crippen molar-refractivity contribution in [2.45, 2.75) is 9.96 Å². The first kappa shape index (κ1) is 24.0. The average Bonchev–Trinajstić information content (AvgIpc) is 2.72. The number of hydrogen-bond acceptors (Lipinski definition) is 5. The molecule has 0 radical (unpaired) electrons. The van der Waals surface area contributed by atoms with Crippen LogP contribution in [0.4, 0.5) is 5.69 Å². The molecule has 0 aliphatic rings. The second-order valence-corrected chi connectivity index (χ2v) is 8.59. The number of carbonyl (C=O) groups is 2. The molecule has 0 heterocycles. The molecule has 0 saturated carbocycles. The third-order valence-electron chi connectivity index (χ3n) is 3.81. The van der Waals surface area contributed by atoms with Gasteiger partial charge in [-0.25, -0.2) is 4.79 Å². The highest BCUT2D eigenvalue weighted by Crippen LogP contribution is 2.29. The van der Waals surface area contributed by atoms with E-state index in [0.717, 1.165) is 0 Å². The van der Waals surface area contributed by atoms with Gasteiger partial charge in [0.25, 0.3) is 5.91 Å². The lowest BCUT2D eigenvalue weighted by atomic mass is 10.2. The first-order valence-corrected chi connectivity index (χ1v) is 9.96. The minimum absolute atomic E-state index is 0.0118. The van der Waals surface area contributed by atoms with Crippen molar-refractivity contribution in [1.29, 1.82) is 0 Å². The lowest BCUT2D eigenvalue weighted by Gasteiger charge is -2.28. The van der Waals surface area contributed by atoms with Crippen LogP contribution in [0.25, 0.3) is 0 Å². The average molecular weight is 491 g/mol. The van der Waals surface area contributed by atoms with Gasteiger partial charge in [0.2, 0.25) is 3.79 Å². The van der Waals surface area contributed by atoms with Gasteiger partial charge in [-0.2, -0.15) is 0 Å². The van der Waals surface area contributed by atoms with Crippen molar-refractivity contribution >= 4 is 69.7 Å². The third kappa shape index (κ3) is 6.63. The van der Waals surface area contributed by atoms with Crippen molar-refractivity contribution in [3.63, 3.8) is 0 Å². The van der Waals surface area contributed by atoms with Gasteiger partial charge in [-0.1, -0.05) is 46.9 Å². The molecule has 0 bridgehead atoms. The highest BCUT2D eigenvalue weighted by Gasteiger charge is 2.35. The highest BCUT2D eigenvalue weighted by atomic mass is 35.6. The number of hydrogen-bond donors (Lipinski definition) is 3. The summed E-state index contributed by atoms with van der Waals surface area (Å²) in [6, 6.07) is 12.9. The van der Waals surface area contributed by atoms with Crippen LogP contribution in [0.2, 0.25) is 0 Å². The predicted octanol–water partition coefficient (Wildman–Crippen LogP) is 3.89. The molecule has 0 saturated heterocycles. The molecule has 11 heteroatoms. The quantitative estimate of drug-likeness (QED) is 0.245. The Morgan fingerprint density at radius 2 is 1.63 bits per heavy atom. The minimum Gasteiger partial charge on any atom is -0.497 e. The van der Waals surface area contributed by atoms with E-state index >= 15 is 0 Å². The van der Waals surface area contributed by atoms with Gasteiger partial charge in [-0.3, -0.25) is 4.79 Å². The summed E-state index contributed by atoms with van der Waals surface area (Å²) in [5.74, 6) is -0.455. The summed E-state index contributed by atoms with van der Waals surface area (Å²) in [5, 5.41) is 8.14. The summed E-state index contributed by atoms with van der Waals surface area (Å²) in [7, 11) is 2.79. The Hall–Kier alpha value is -2.26. The number of para-hydroxylation sites is 1. The maximum absolute atomic E-state index is 12.5. The molecule has 2 rings (SSSR count). The number of benzene rings is 2. The molecular formula is C19H18Cl3N3O4S. The van der Waals surface area contributed by atoms with Gasteiger partial charge in [0, 0.05) is 5.56 Å². The summed E-state index contributed by atoms with van der Waals surface area (Å²) in [5.41, 5.74) is 0.968. The molecule has 7 nitrogen and oxygen atoms in total. The van der Waals surface area contributed by atoms with Crippen LogP contribution in [0.1, 0.15) is 20.7 Å². The number of anilines is 1. The fourth-order valence-corrected chi connectivity index (χ4v) is 2.88. The van der Waals surface area contributed by atoms with Crippen LogP contribution in [0.15, 0.2) is 48.5 Å². The van der Waals surface area contributed by atoms with Gasteiger partial charge in [0.05, 0.1) is 25.5 Å². The summed E-state index contributed by atoms with van der Waals surface area (Å²) in [6.07, 6.45) is -1.18. The van der Waals surface area contributed by atoms with Crippen molar-refractivity contribution < 1.29 is 19.1 Å². The Morgan fingerprint density at radius 3 is 2.20 bits per heavy atom. The first-order chi connectivity index (χ1) is 14.2. The smallest absolute Gasteiger partial charge is 0.339 e. The number of nitrogens with one attached hydrogen (secondary N) is 3. The van der Waals surface area contributed by atoms with E-state index in [1.54, 1.807) is 48.5 Å². The van der Waals surface area contributed by atoms with E-state index in [4.69, 9.17) is 56.5 Å². The largest absolute Gasteiger partial charge is 0.497 e. The summed E-state index contributed by atoms with van der Waals surface area (Å²) in [6.45, 7) is 0. The zero-order chi connectivity index (χ0) is 22.3. The SMILES string of the molecule is COC(=O)c1ccccc1NC(=S)N[C@@H](NC(=O)c1ccc(OC)cc1)C(Cl)(Cl)Cl. The molecule has 30 heavy (non-hydrogen) atoms. The number of halogens is 3. The standard InChI is InChI=1S/C19H18Cl3N3O4S/c1-28-12-9-7-11(8-10-12)15(26)24-17(19(20,21)22)25-18(30)23-14-6-4-3-5-13(14)16(27)29-2/h3-10,17H,1-2H3,(H,24,26)(H2,23,25,30)/t17-/m1/s1. The molecule has 2 aromatic rings. The van der Waals surface area contributed by atoms with Gasteiger partial charge in [0.1, 0.15) is 11.9 Å². The minimum atomic E-state index is -1.93. The Balaban J connectivity index is 2.12. The van der Waals surface area contributed by atoms with E-state index in [0.29, 0.717) is 17.0 Å². The fourth-order valence-electron chi connectivity index (χ4n) is 2.33. The van der Waals surface area contributed by atoms with E-state index in [-0.39, 0.29) is 10.7 Å². The number of amides is 1. The van der Waals surface area contributed by atoms with E-state index in [1.807, 2.05) is 0 Å². The van der Waals surface area contributed by atoms with Gasteiger partial charge < -0.3 is 25.4 Å². The fraction of sp³-hybridized carbons (Fsp3) is 0.211. The number of esters is 1. The van der Waals surface area contributed by atoms with Crippen LogP contribution in [-0.4, -0.2) is 41.2 Å². The van der Waals surface area contributed by atoms with Crippen molar-refractivity contribution in [2.75, 3.05) is 19.5 Å². The molecule has 1 atom stereocenters. The van der Waals surface area contributed by atoms with E-state index in [1.165, 1.54) is 14.2 Å². The molecule has 160 valence electrons. The number of alkyl halides is 3. The van der Waals surface area contributed by atoms with Gasteiger partial charge >= 0.3 is 5.97 Å². The summed E-state index contributed by atoms with van der Waals surface area (Å²) >= 11 is 23.3. The maximum Gasteiger partial charge on any atom is 0.339 e. The van der Waals surface area contributed by atoms with Crippen LogP contribution in [0.5, 0.6) is 5.75 Å². The predicted molar refractivity (Wildman–Crippen MR) is 122 cm³/mol. The Bertz CT molecular complexity index is 920. The van der Waals surface area contributed by atoms with Crippen LogP contribution in [0, 0.1) is 0 Å². The van der Waals surface area contributed by atoms with Crippen LogP contribution < -0.4 is 20.7 Å². The monoisotopic (exact) mass is 489 g/mol. The number of ether oxygens (including phenoxy) is 2. The van der Waals surface area contributed by atoms with Crippen molar-refractivity contribution in [3.05, 3.63) is 59.7 Å². The van der Waals surface area contributed by atoms with E-state index in [2.05, 4.69) is 16.0 Å². The molecule has 0 aromatic heterocycles.